The minimum Gasteiger partial charge on any atom is -0.359 e. The summed E-state index contributed by atoms with van der Waals surface area (Å²) in [7, 11) is 0. The van der Waals surface area contributed by atoms with Crippen molar-refractivity contribution in [3.05, 3.63) is 21.7 Å². The standard InChI is InChI=1S/C6H8N2O4S/c1-3-4(2)7-6(9)8-5(3)12-13(10)11/h1-2H3,(H,10,11)(H,7,8,9). The van der Waals surface area contributed by atoms with E-state index in [1.165, 1.54) is 0 Å². The first-order valence-electron chi connectivity index (χ1n) is 3.37. The Labute approximate surface area is 76.5 Å². The monoisotopic (exact) mass is 204 g/mol. The maximum Gasteiger partial charge on any atom is 0.359 e. The zero-order valence-electron chi connectivity index (χ0n) is 7.03. The second-order valence-electron chi connectivity index (χ2n) is 2.40. The molecule has 0 amide bonds. The third kappa shape index (κ3) is 2.36. The third-order valence-electron chi connectivity index (χ3n) is 1.53. The molecule has 0 bridgehead atoms. The normalized spacial score (nSPS) is 12.5. The zero-order chi connectivity index (χ0) is 10.0. The Bertz CT molecular complexity index is 400. The predicted molar refractivity (Wildman–Crippen MR) is 45.7 cm³/mol. The molecule has 7 heteroatoms. The van der Waals surface area contributed by atoms with Crippen LogP contribution in [0.3, 0.4) is 0 Å². The van der Waals surface area contributed by atoms with Gasteiger partial charge in [-0.25, -0.2) is 4.79 Å². The van der Waals surface area contributed by atoms with E-state index in [0.29, 0.717) is 11.3 Å². The van der Waals surface area contributed by atoms with Gasteiger partial charge >= 0.3 is 17.1 Å². The minimum atomic E-state index is -2.46. The average molecular weight is 204 g/mol. The molecule has 0 aliphatic carbocycles. The van der Waals surface area contributed by atoms with Crippen molar-refractivity contribution < 1.29 is 12.9 Å². The van der Waals surface area contributed by atoms with Crippen molar-refractivity contribution in [2.45, 2.75) is 13.8 Å². The predicted octanol–water partition coefficient (Wildman–Crippen LogP) is -0.0978. The molecule has 1 aromatic rings. The van der Waals surface area contributed by atoms with Crippen LogP contribution in [0.2, 0.25) is 0 Å². The highest BCUT2D eigenvalue weighted by atomic mass is 32.2. The van der Waals surface area contributed by atoms with Gasteiger partial charge in [0.15, 0.2) is 0 Å². The molecule has 0 aromatic carbocycles. The van der Waals surface area contributed by atoms with Crippen molar-refractivity contribution in [1.82, 2.24) is 9.97 Å². The molecule has 0 saturated heterocycles. The van der Waals surface area contributed by atoms with Crippen molar-refractivity contribution in [2.24, 2.45) is 0 Å². The fourth-order valence-electron chi connectivity index (χ4n) is 0.767. The molecule has 0 saturated carbocycles. The summed E-state index contributed by atoms with van der Waals surface area (Å²) in [6.07, 6.45) is 0. The fraction of sp³-hybridized carbons (Fsp3) is 0.333. The van der Waals surface area contributed by atoms with Crippen molar-refractivity contribution in [2.75, 3.05) is 0 Å². The lowest BCUT2D eigenvalue weighted by Gasteiger charge is -2.03. The molecule has 0 spiro atoms. The summed E-state index contributed by atoms with van der Waals surface area (Å²) in [6, 6.07) is 0. The van der Waals surface area contributed by atoms with Crippen molar-refractivity contribution in [1.29, 1.82) is 0 Å². The summed E-state index contributed by atoms with van der Waals surface area (Å²) < 4.78 is 23.1. The van der Waals surface area contributed by atoms with Gasteiger partial charge in [0.1, 0.15) is 0 Å². The highest BCUT2D eigenvalue weighted by molar-refractivity contribution is 7.74. The van der Waals surface area contributed by atoms with Crippen molar-refractivity contribution in [3.8, 4) is 5.88 Å². The maximum atomic E-state index is 10.8. The van der Waals surface area contributed by atoms with Crippen molar-refractivity contribution >= 4 is 11.4 Å². The van der Waals surface area contributed by atoms with Gasteiger partial charge in [-0.3, -0.25) is 4.55 Å². The van der Waals surface area contributed by atoms with E-state index in [-0.39, 0.29) is 5.88 Å². The number of hydrogen-bond acceptors (Lipinski definition) is 4. The Morgan fingerprint density at radius 3 is 2.69 bits per heavy atom. The van der Waals surface area contributed by atoms with E-state index in [4.69, 9.17) is 4.55 Å². The van der Waals surface area contributed by atoms with Gasteiger partial charge < -0.3 is 9.17 Å². The Hall–Kier alpha value is -1.21. The van der Waals surface area contributed by atoms with Gasteiger partial charge in [-0.15, -0.1) is 0 Å². The van der Waals surface area contributed by atoms with Crippen LogP contribution in [-0.2, 0) is 11.4 Å². The molecular formula is C6H8N2O4S. The highest BCUT2D eigenvalue weighted by Crippen LogP contribution is 2.13. The Kier molecular flexibility index (Phi) is 2.79. The van der Waals surface area contributed by atoms with E-state index in [2.05, 4.69) is 14.2 Å². The first-order chi connectivity index (χ1) is 6.00. The summed E-state index contributed by atoms with van der Waals surface area (Å²) in [4.78, 5) is 16.6. The van der Waals surface area contributed by atoms with Crippen LogP contribution >= 0.6 is 0 Å². The fourth-order valence-corrected chi connectivity index (χ4v) is 1.06. The van der Waals surface area contributed by atoms with E-state index in [9.17, 15) is 9.00 Å². The van der Waals surface area contributed by atoms with E-state index in [1.807, 2.05) is 0 Å². The second kappa shape index (κ2) is 3.67. The van der Waals surface area contributed by atoms with Gasteiger partial charge in [0.25, 0.3) is 0 Å². The molecule has 72 valence electrons. The topological polar surface area (TPSA) is 92.3 Å². The lowest BCUT2D eigenvalue weighted by atomic mass is 10.3. The van der Waals surface area contributed by atoms with Gasteiger partial charge in [0, 0.05) is 11.3 Å². The first-order valence-corrected chi connectivity index (χ1v) is 4.40. The summed E-state index contributed by atoms with van der Waals surface area (Å²) >= 11 is -2.46. The van der Waals surface area contributed by atoms with E-state index < -0.39 is 17.1 Å². The summed E-state index contributed by atoms with van der Waals surface area (Å²) in [5.74, 6) is -0.123. The van der Waals surface area contributed by atoms with Crippen LogP contribution < -0.4 is 9.87 Å². The summed E-state index contributed by atoms with van der Waals surface area (Å²) in [5.41, 5.74) is 0.478. The first kappa shape index (κ1) is 9.87. The number of nitrogens with zero attached hydrogens (tertiary/aromatic N) is 1. The van der Waals surface area contributed by atoms with Crippen LogP contribution in [0.1, 0.15) is 11.3 Å². The largest absolute Gasteiger partial charge is 0.359 e. The molecule has 1 atom stereocenters. The molecule has 6 nitrogen and oxygen atoms in total. The lowest BCUT2D eigenvalue weighted by Crippen LogP contribution is -2.15. The summed E-state index contributed by atoms with van der Waals surface area (Å²) in [5, 5.41) is 0. The molecule has 13 heavy (non-hydrogen) atoms. The maximum absolute atomic E-state index is 10.8. The molecule has 1 aromatic heterocycles. The SMILES string of the molecule is Cc1[nH]c(=O)nc(OS(=O)O)c1C. The van der Waals surface area contributed by atoms with Gasteiger partial charge in [-0.1, -0.05) is 0 Å². The Morgan fingerprint density at radius 1 is 1.54 bits per heavy atom. The number of aromatic nitrogens is 2. The van der Waals surface area contributed by atoms with Crippen LogP contribution in [0.5, 0.6) is 5.88 Å². The molecule has 0 aliphatic heterocycles. The van der Waals surface area contributed by atoms with Crippen LogP contribution in [-0.4, -0.2) is 18.7 Å². The molecule has 0 radical (unpaired) electrons. The van der Waals surface area contributed by atoms with E-state index in [0.717, 1.165) is 0 Å². The number of nitrogens with one attached hydrogen (secondary N) is 1. The Balaban J connectivity index is 3.20. The smallest absolute Gasteiger partial charge is 0.359 e. The number of H-pyrrole nitrogens is 1. The lowest BCUT2D eigenvalue weighted by molar-refractivity contribution is 0.445. The third-order valence-corrected chi connectivity index (χ3v) is 1.83. The van der Waals surface area contributed by atoms with Crippen LogP contribution in [0, 0.1) is 13.8 Å². The minimum absolute atomic E-state index is 0.123. The zero-order valence-corrected chi connectivity index (χ0v) is 7.84. The quantitative estimate of drug-likeness (QED) is 0.656. The number of aromatic amines is 1. The second-order valence-corrected chi connectivity index (χ2v) is 3.00. The highest BCUT2D eigenvalue weighted by Gasteiger charge is 2.08. The number of hydrogen-bond donors (Lipinski definition) is 2. The molecular weight excluding hydrogens is 196 g/mol. The van der Waals surface area contributed by atoms with E-state index in [1.54, 1.807) is 13.8 Å². The van der Waals surface area contributed by atoms with Crippen LogP contribution in [0.15, 0.2) is 4.79 Å². The molecule has 1 heterocycles. The number of rotatable bonds is 2. The van der Waals surface area contributed by atoms with E-state index >= 15 is 0 Å². The van der Waals surface area contributed by atoms with Crippen LogP contribution in [0.4, 0.5) is 0 Å². The molecule has 0 aliphatic rings. The molecule has 2 N–H and O–H groups in total. The van der Waals surface area contributed by atoms with Gasteiger partial charge in [0.2, 0.25) is 5.88 Å². The summed E-state index contributed by atoms with van der Waals surface area (Å²) in [6.45, 7) is 3.27. The van der Waals surface area contributed by atoms with Gasteiger partial charge in [-0.05, 0) is 13.8 Å². The molecule has 0 fully saturated rings. The molecule has 1 unspecified atom stereocenters. The average Bonchev–Trinajstić information content (AvgIpc) is 1.98. The van der Waals surface area contributed by atoms with Crippen molar-refractivity contribution in [3.63, 3.8) is 0 Å². The van der Waals surface area contributed by atoms with Gasteiger partial charge in [-0.2, -0.15) is 9.19 Å². The molecule has 1 rings (SSSR count). The van der Waals surface area contributed by atoms with Crippen LogP contribution in [0.25, 0.3) is 0 Å². The van der Waals surface area contributed by atoms with Gasteiger partial charge in [0.05, 0.1) is 0 Å². The Morgan fingerprint density at radius 2 is 2.15 bits per heavy atom. The number of aryl methyl sites for hydroxylation is 1.